The molecule has 0 radical (unpaired) electrons. The third-order valence-electron chi connectivity index (χ3n) is 6.01. The van der Waals surface area contributed by atoms with Crippen molar-refractivity contribution in [3.05, 3.63) is 35.5 Å². The lowest BCUT2D eigenvalue weighted by Gasteiger charge is -2.45. The first-order chi connectivity index (χ1) is 13.7. The second-order valence-corrected chi connectivity index (χ2v) is 8.33. The van der Waals surface area contributed by atoms with Crippen LogP contribution in [0.4, 0.5) is 13.2 Å². The van der Waals surface area contributed by atoms with Gasteiger partial charge in [-0.3, -0.25) is 9.88 Å². The Kier molecular flexibility index (Phi) is 5.42. The molecule has 2 aromatic heterocycles. The summed E-state index contributed by atoms with van der Waals surface area (Å²) >= 11 is 0. The van der Waals surface area contributed by atoms with Crippen LogP contribution in [0.15, 0.2) is 18.5 Å². The molecule has 3 heterocycles. The molecule has 1 saturated carbocycles. The minimum Gasteiger partial charge on any atom is -0.379 e. The number of morpholine rings is 1. The fourth-order valence-electron chi connectivity index (χ4n) is 4.25. The van der Waals surface area contributed by atoms with Gasteiger partial charge in [0.2, 0.25) is 0 Å². The highest BCUT2D eigenvalue weighted by Gasteiger charge is 2.37. The molecule has 5 nitrogen and oxygen atoms in total. The number of imidazole rings is 1. The van der Waals surface area contributed by atoms with Gasteiger partial charge in [0.15, 0.2) is 0 Å². The first-order valence-corrected chi connectivity index (χ1v) is 10.2. The molecule has 8 heteroatoms. The summed E-state index contributed by atoms with van der Waals surface area (Å²) in [7, 11) is 0. The number of aryl methyl sites for hydroxylation is 1. The second kappa shape index (κ2) is 7.72. The molecular weight excluding hydrogens is 381 g/mol. The molecule has 0 unspecified atom stereocenters. The van der Waals surface area contributed by atoms with Gasteiger partial charge < -0.3 is 9.30 Å². The Morgan fingerprint density at radius 2 is 1.83 bits per heavy atom. The summed E-state index contributed by atoms with van der Waals surface area (Å²) in [5.41, 5.74) is 0.248. The van der Waals surface area contributed by atoms with Crippen LogP contribution in [0.5, 0.6) is 0 Å². The Morgan fingerprint density at radius 1 is 1.14 bits per heavy atom. The van der Waals surface area contributed by atoms with Gasteiger partial charge in [-0.05, 0) is 25.8 Å². The third-order valence-corrected chi connectivity index (χ3v) is 6.01. The predicted octanol–water partition coefficient (Wildman–Crippen LogP) is 4.43. The van der Waals surface area contributed by atoms with Crippen molar-refractivity contribution in [1.82, 2.24) is 19.4 Å². The van der Waals surface area contributed by atoms with E-state index in [1.54, 1.807) is 0 Å². The normalized spacial score (nSPS) is 23.4. The van der Waals surface area contributed by atoms with Gasteiger partial charge >= 0.3 is 6.18 Å². The van der Waals surface area contributed by atoms with Crippen LogP contribution in [-0.2, 0) is 10.9 Å². The zero-order valence-corrected chi connectivity index (χ0v) is 17.0. The lowest BCUT2D eigenvalue weighted by molar-refractivity contribution is -0.138. The second-order valence-electron chi connectivity index (χ2n) is 8.33. The number of alkyl halides is 3. The molecular formula is C21H27F3N4O. The number of aromatic nitrogens is 3. The summed E-state index contributed by atoms with van der Waals surface area (Å²) in [5, 5.41) is 0. The van der Waals surface area contributed by atoms with E-state index in [0.29, 0.717) is 23.3 Å². The molecule has 1 saturated heterocycles. The van der Waals surface area contributed by atoms with Crippen LogP contribution in [0.25, 0.3) is 11.3 Å². The molecule has 1 aliphatic carbocycles. The van der Waals surface area contributed by atoms with Gasteiger partial charge in [0.1, 0.15) is 5.82 Å². The van der Waals surface area contributed by atoms with Crippen LogP contribution in [0.2, 0.25) is 0 Å². The maximum absolute atomic E-state index is 13.3. The van der Waals surface area contributed by atoms with Crippen LogP contribution < -0.4 is 0 Å². The predicted molar refractivity (Wildman–Crippen MR) is 104 cm³/mol. The minimum atomic E-state index is -4.42. The van der Waals surface area contributed by atoms with E-state index in [0.717, 1.165) is 51.0 Å². The van der Waals surface area contributed by atoms with Crippen molar-refractivity contribution in [2.24, 2.45) is 0 Å². The Balaban J connectivity index is 1.58. The van der Waals surface area contributed by atoms with E-state index in [-0.39, 0.29) is 11.6 Å². The molecule has 0 atom stereocenters. The molecule has 0 N–H and O–H groups in total. The van der Waals surface area contributed by atoms with Gasteiger partial charge in [-0.15, -0.1) is 0 Å². The molecule has 0 bridgehead atoms. The minimum absolute atomic E-state index is 0.0166. The zero-order valence-electron chi connectivity index (χ0n) is 17.0. The summed E-state index contributed by atoms with van der Waals surface area (Å²) in [4.78, 5) is 11.1. The number of ether oxygens (including phenoxy) is 1. The van der Waals surface area contributed by atoms with Crippen molar-refractivity contribution < 1.29 is 17.9 Å². The molecule has 0 amide bonds. The van der Waals surface area contributed by atoms with E-state index >= 15 is 0 Å². The summed E-state index contributed by atoms with van der Waals surface area (Å²) in [6, 6.07) is 2.05. The summed E-state index contributed by atoms with van der Waals surface area (Å²) < 4.78 is 47.5. The quantitative estimate of drug-likeness (QED) is 0.751. The monoisotopic (exact) mass is 408 g/mol. The number of hydrogen-bond acceptors (Lipinski definition) is 4. The van der Waals surface area contributed by atoms with E-state index in [9.17, 15) is 13.2 Å². The Morgan fingerprint density at radius 3 is 2.45 bits per heavy atom. The van der Waals surface area contributed by atoms with Gasteiger partial charge in [0.05, 0.1) is 24.5 Å². The highest BCUT2D eigenvalue weighted by atomic mass is 19.4. The van der Waals surface area contributed by atoms with Gasteiger partial charge in [-0.1, -0.05) is 13.8 Å². The van der Waals surface area contributed by atoms with Gasteiger partial charge in [-0.25, -0.2) is 4.98 Å². The fourth-order valence-corrected chi connectivity index (χ4v) is 4.25. The average molecular weight is 408 g/mol. The number of hydrogen-bond donors (Lipinski definition) is 0. The summed E-state index contributed by atoms with van der Waals surface area (Å²) in [6.07, 6.45) is 1.04. The number of pyridine rings is 1. The Labute approximate surface area is 168 Å². The first-order valence-electron chi connectivity index (χ1n) is 10.2. The van der Waals surface area contributed by atoms with Crippen molar-refractivity contribution in [3.63, 3.8) is 0 Å². The topological polar surface area (TPSA) is 43.2 Å². The van der Waals surface area contributed by atoms with Gasteiger partial charge in [-0.2, -0.15) is 13.2 Å². The SMILES string of the molecule is Cc1ncc(-c2cn([C@H]3C[C@H](N4CCOCC4)C3)c(C(C)C)n2)cc1C(F)(F)F. The van der Waals surface area contributed by atoms with Gasteiger partial charge in [0.25, 0.3) is 0 Å². The van der Waals surface area contributed by atoms with Crippen LogP contribution in [-0.4, -0.2) is 51.8 Å². The molecule has 4 rings (SSSR count). The number of rotatable bonds is 4. The van der Waals surface area contributed by atoms with E-state index in [2.05, 4.69) is 28.3 Å². The van der Waals surface area contributed by atoms with Crippen LogP contribution >= 0.6 is 0 Å². The summed E-state index contributed by atoms with van der Waals surface area (Å²) in [6.45, 7) is 9.03. The zero-order chi connectivity index (χ0) is 20.8. The smallest absolute Gasteiger partial charge is 0.379 e. The number of nitrogens with zero attached hydrogens (tertiary/aromatic N) is 4. The molecule has 0 spiro atoms. The molecule has 2 aliphatic rings. The first kappa shape index (κ1) is 20.3. The fraction of sp³-hybridized carbons (Fsp3) is 0.619. The maximum Gasteiger partial charge on any atom is 0.418 e. The van der Waals surface area contributed by atoms with Gasteiger partial charge in [0, 0.05) is 54.7 Å². The molecule has 158 valence electrons. The number of halogens is 3. The molecule has 2 aromatic rings. The van der Waals surface area contributed by atoms with E-state index < -0.39 is 11.7 Å². The molecule has 29 heavy (non-hydrogen) atoms. The molecule has 2 fully saturated rings. The highest BCUT2D eigenvalue weighted by molar-refractivity contribution is 5.59. The Hall–Kier alpha value is -1.93. The van der Waals surface area contributed by atoms with Crippen molar-refractivity contribution >= 4 is 0 Å². The van der Waals surface area contributed by atoms with Crippen LogP contribution in [0.1, 0.15) is 55.7 Å². The van der Waals surface area contributed by atoms with Crippen LogP contribution in [0.3, 0.4) is 0 Å². The third kappa shape index (κ3) is 4.05. The standard InChI is InChI=1S/C21H27F3N4O/c1-13(2)20-26-19(15-8-18(21(22,23)24)14(3)25-11-15)12-28(20)17-9-16(10-17)27-4-6-29-7-5-27/h8,11-13,16-17H,4-7,9-10H2,1-3H3/t16-,17-. The highest BCUT2D eigenvalue weighted by Crippen LogP contribution is 2.40. The lowest BCUT2D eigenvalue weighted by atomic mass is 9.84. The van der Waals surface area contributed by atoms with E-state index in [1.165, 1.54) is 13.1 Å². The van der Waals surface area contributed by atoms with Crippen molar-refractivity contribution in [1.29, 1.82) is 0 Å². The van der Waals surface area contributed by atoms with E-state index in [1.807, 2.05) is 6.20 Å². The van der Waals surface area contributed by atoms with Crippen molar-refractivity contribution in [2.75, 3.05) is 26.3 Å². The average Bonchev–Trinajstić information content (AvgIpc) is 3.06. The van der Waals surface area contributed by atoms with Crippen LogP contribution in [0, 0.1) is 6.92 Å². The lowest BCUT2D eigenvalue weighted by Crippen LogP contribution is -2.50. The van der Waals surface area contributed by atoms with Crippen molar-refractivity contribution in [3.8, 4) is 11.3 Å². The van der Waals surface area contributed by atoms with E-state index in [4.69, 9.17) is 9.72 Å². The Bertz CT molecular complexity index is 865. The van der Waals surface area contributed by atoms with Crippen molar-refractivity contribution in [2.45, 2.75) is 57.8 Å². The molecule has 1 aliphatic heterocycles. The maximum atomic E-state index is 13.3. The summed E-state index contributed by atoms with van der Waals surface area (Å²) in [5.74, 6) is 1.10. The largest absolute Gasteiger partial charge is 0.418 e. The molecule has 0 aromatic carbocycles.